The maximum absolute atomic E-state index is 12.0. The molecule has 0 unspecified atom stereocenters. The summed E-state index contributed by atoms with van der Waals surface area (Å²) in [7, 11) is 0. The van der Waals surface area contributed by atoms with Crippen LogP contribution in [-0.2, 0) is 4.79 Å². The zero-order valence-electron chi connectivity index (χ0n) is 13.7. The number of rotatable bonds is 8. The molecule has 136 valence electrons. The number of nitro benzene ring substituents is 1. The van der Waals surface area contributed by atoms with Crippen molar-refractivity contribution < 1.29 is 14.5 Å². The van der Waals surface area contributed by atoms with Crippen LogP contribution in [0.4, 0.5) is 11.4 Å². The Morgan fingerprint density at radius 2 is 1.69 bits per heavy atom. The average Bonchev–Trinajstić information content (AvgIpc) is 2.64. The molecule has 0 saturated carbocycles. The summed E-state index contributed by atoms with van der Waals surface area (Å²) in [6.45, 7) is 0.698. The molecule has 9 heteroatoms. The Labute approximate surface area is 163 Å². The Kier molecular flexibility index (Phi) is 7.33. The quantitative estimate of drug-likeness (QED) is 0.238. The predicted molar refractivity (Wildman–Crippen MR) is 106 cm³/mol. The van der Waals surface area contributed by atoms with Crippen LogP contribution >= 0.6 is 22.6 Å². The van der Waals surface area contributed by atoms with E-state index in [4.69, 9.17) is 0 Å². The Hall–Kier alpha value is -2.69. The zero-order chi connectivity index (χ0) is 18.9. The van der Waals surface area contributed by atoms with Crippen molar-refractivity contribution in [3.63, 3.8) is 0 Å². The van der Waals surface area contributed by atoms with Gasteiger partial charge in [0, 0.05) is 34.5 Å². The maximum Gasteiger partial charge on any atom is 0.269 e. The minimum absolute atomic E-state index is 0.0210. The summed E-state index contributed by atoms with van der Waals surface area (Å²) in [6, 6.07) is 13.1. The number of benzene rings is 2. The predicted octanol–water partition coefficient (Wildman–Crippen LogP) is 2.16. The Bertz CT molecular complexity index is 796. The molecule has 3 N–H and O–H groups in total. The van der Waals surface area contributed by atoms with Crippen molar-refractivity contribution in [2.45, 2.75) is 0 Å². The number of hydrogen-bond donors (Lipinski definition) is 3. The van der Waals surface area contributed by atoms with Gasteiger partial charge >= 0.3 is 0 Å². The van der Waals surface area contributed by atoms with Gasteiger partial charge in [-0.2, -0.15) is 0 Å². The summed E-state index contributed by atoms with van der Waals surface area (Å²) in [6.07, 6.45) is 0. The monoisotopic (exact) mass is 468 g/mol. The number of halogens is 1. The number of carbonyl (C=O) groups is 2. The average molecular weight is 468 g/mol. The van der Waals surface area contributed by atoms with Crippen molar-refractivity contribution in [2.75, 3.05) is 25.0 Å². The summed E-state index contributed by atoms with van der Waals surface area (Å²) in [5.41, 5.74) is 1.27. The summed E-state index contributed by atoms with van der Waals surface area (Å²) >= 11 is 2.06. The van der Waals surface area contributed by atoms with Crippen LogP contribution in [0.2, 0.25) is 0 Å². The number of nitro groups is 1. The minimum Gasteiger partial charge on any atom is -0.383 e. The van der Waals surface area contributed by atoms with Gasteiger partial charge in [-0.1, -0.05) is 12.1 Å². The third-order valence-corrected chi connectivity index (χ3v) is 4.32. The van der Waals surface area contributed by atoms with E-state index in [9.17, 15) is 19.7 Å². The molecule has 0 spiro atoms. The summed E-state index contributed by atoms with van der Waals surface area (Å²) in [4.78, 5) is 33.9. The number of hydrogen-bond acceptors (Lipinski definition) is 5. The lowest BCUT2D eigenvalue weighted by Crippen LogP contribution is -2.38. The van der Waals surface area contributed by atoms with Gasteiger partial charge in [0.15, 0.2) is 0 Å². The van der Waals surface area contributed by atoms with Crippen LogP contribution in [0.25, 0.3) is 0 Å². The molecule has 0 bridgehead atoms. The van der Waals surface area contributed by atoms with Crippen LogP contribution in [0, 0.1) is 13.7 Å². The molecule has 0 heterocycles. The highest BCUT2D eigenvalue weighted by molar-refractivity contribution is 14.1. The number of carbonyl (C=O) groups excluding carboxylic acids is 2. The second-order valence-corrected chi connectivity index (χ2v) is 6.41. The molecule has 0 fully saturated rings. The molecule has 0 aliphatic heterocycles. The van der Waals surface area contributed by atoms with Gasteiger partial charge in [-0.05, 0) is 46.9 Å². The number of nitrogens with zero attached hydrogens (tertiary/aromatic N) is 1. The van der Waals surface area contributed by atoms with Gasteiger partial charge < -0.3 is 16.0 Å². The van der Waals surface area contributed by atoms with Crippen LogP contribution in [0.1, 0.15) is 10.4 Å². The smallest absolute Gasteiger partial charge is 0.269 e. The SMILES string of the molecule is O=C(CNC(=O)c1ccccc1I)NCCNc1ccc([N+](=O)[O-])cc1. The zero-order valence-corrected chi connectivity index (χ0v) is 15.9. The fraction of sp³-hybridized carbons (Fsp3) is 0.176. The number of non-ortho nitro benzene ring substituents is 1. The molecule has 2 rings (SSSR count). The standard InChI is InChI=1S/C17H17IN4O4/c18-15-4-2-1-3-14(15)17(24)21-11-16(23)20-10-9-19-12-5-7-13(8-6-12)22(25)26/h1-8,19H,9-11H2,(H,20,23)(H,21,24). The third-order valence-electron chi connectivity index (χ3n) is 3.38. The number of nitrogens with one attached hydrogen (secondary N) is 3. The molecule has 2 amide bonds. The van der Waals surface area contributed by atoms with Crippen molar-refractivity contribution in [1.82, 2.24) is 10.6 Å². The van der Waals surface area contributed by atoms with E-state index in [1.807, 2.05) is 12.1 Å². The van der Waals surface area contributed by atoms with Crippen molar-refractivity contribution in [3.8, 4) is 0 Å². The van der Waals surface area contributed by atoms with Crippen LogP contribution in [0.15, 0.2) is 48.5 Å². The highest BCUT2D eigenvalue weighted by atomic mass is 127. The van der Waals surface area contributed by atoms with Crippen molar-refractivity contribution in [1.29, 1.82) is 0 Å². The molecule has 0 aliphatic carbocycles. The number of amides is 2. The second kappa shape index (κ2) is 9.70. The van der Waals surface area contributed by atoms with E-state index in [2.05, 4.69) is 38.5 Å². The molecule has 2 aromatic carbocycles. The Morgan fingerprint density at radius 3 is 2.35 bits per heavy atom. The van der Waals surface area contributed by atoms with E-state index in [0.717, 1.165) is 9.26 Å². The summed E-state index contributed by atoms with van der Waals surface area (Å²) < 4.78 is 0.815. The van der Waals surface area contributed by atoms with E-state index >= 15 is 0 Å². The first-order chi connectivity index (χ1) is 12.5. The van der Waals surface area contributed by atoms with Crippen LogP contribution in [0.3, 0.4) is 0 Å². The first-order valence-corrected chi connectivity index (χ1v) is 8.83. The summed E-state index contributed by atoms with van der Waals surface area (Å²) in [5.74, 6) is -0.594. The molecule has 0 aliphatic rings. The first kappa shape index (κ1) is 19.6. The molecule has 2 aromatic rings. The lowest BCUT2D eigenvalue weighted by atomic mass is 10.2. The maximum atomic E-state index is 12.0. The van der Waals surface area contributed by atoms with Gasteiger partial charge in [-0.3, -0.25) is 19.7 Å². The molecular formula is C17H17IN4O4. The topological polar surface area (TPSA) is 113 Å². The Morgan fingerprint density at radius 1 is 1.00 bits per heavy atom. The summed E-state index contributed by atoms with van der Waals surface area (Å²) in [5, 5.41) is 18.9. The van der Waals surface area contributed by atoms with E-state index < -0.39 is 4.92 Å². The van der Waals surface area contributed by atoms with E-state index in [-0.39, 0.29) is 24.0 Å². The molecule has 0 radical (unpaired) electrons. The molecular weight excluding hydrogens is 451 g/mol. The first-order valence-electron chi connectivity index (χ1n) is 7.75. The van der Waals surface area contributed by atoms with Gasteiger partial charge in [-0.15, -0.1) is 0 Å². The fourth-order valence-corrected chi connectivity index (χ4v) is 2.71. The molecule has 8 nitrogen and oxygen atoms in total. The molecule has 0 saturated heterocycles. The normalized spacial score (nSPS) is 10.0. The molecule has 0 aromatic heterocycles. The van der Waals surface area contributed by atoms with E-state index in [1.54, 1.807) is 24.3 Å². The third kappa shape index (κ3) is 5.99. The van der Waals surface area contributed by atoms with E-state index in [0.29, 0.717) is 18.7 Å². The van der Waals surface area contributed by atoms with Crippen LogP contribution in [-0.4, -0.2) is 36.4 Å². The van der Waals surface area contributed by atoms with Gasteiger partial charge in [0.1, 0.15) is 0 Å². The van der Waals surface area contributed by atoms with Gasteiger partial charge in [0.2, 0.25) is 5.91 Å². The van der Waals surface area contributed by atoms with Crippen molar-refractivity contribution in [3.05, 3.63) is 67.8 Å². The highest BCUT2D eigenvalue weighted by Crippen LogP contribution is 2.14. The highest BCUT2D eigenvalue weighted by Gasteiger charge is 2.10. The van der Waals surface area contributed by atoms with Crippen LogP contribution < -0.4 is 16.0 Å². The fourth-order valence-electron chi connectivity index (χ4n) is 2.07. The van der Waals surface area contributed by atoms with Crippen molar-refractivity contribution >= 4 is 45.8 Å². The van der Waals surface area contributed by atoms with Gasteiger partial charge in [0.25, 0.3) is 11.6 Å². The van der Waals surface area contributed by atoms with E-state index in [1.165, 1.54) is 12.1 Å². The molecule has 26 heavy (non-hydrogen) atoms. The van der Waals surface area contributed by atoms with Gasteiger partial charge in [0.05, 0.1) is 17.0 Å². The van der Waals surface area contributed by atoms with Gasteiger partial charge in [-0.25, -0.2) is 0 Å². The lowest BCUT2D eigenvalue weighted by molar-refractivity contribution is -0.384. The molecule has 0 atom stereocenters. The Balaban J connectivity index is 1.66. The minimum atomic E-state index is -0.464. The number of anilines is 1. The largest absolute Gasteiger partial charge is 0.383 e. The van der Waals surface area contributed by atoms with Crippen molar-refractivity contribution in [2.24, 2.45) is 0 Å². The van der Waals surface area contributed by atoms with Crippen LogP contribution in [0.5, 0.6) is 0 Å². The second-order valence-electron chi connectivity index (χ2n) is 5.24. The lowest BCUT2D eigenvalue weighted by Gasteiger charge is -2.09.